The van der Waals surface area contributed by atoms with Gasteiger partial charge in [-0.2, -0.15) is 0 Å². The number of benzene rings is 1. The van der Waals surface area contributed by atoms with Crippen molar-refractivity contribution in [1.82, 2.24) is 5.48 Å². The molecule has 86 valence electrons. The quantitative estimate of drug-likeness (QED) is 0.443. The molecule has 1 amide bonds. The van der Waals surface area contributed by atoms with Crippen molar-refractivity contribution in [3.8, 4) is 5.75 Å². The van der Waals surface area contributed by atoms with Gasteiger partial charge < -0.3 is 4.74 Å². The zero-order chi connectivity index (χ0) is 11.8. The normalized spacial score (nSPS) is 10.4. The van der Waals surface area contributed by atoms with Gasteiger partial charge in [-0.05, 0) is 29.8 Å². The molecule has 0 bridgehead atoms. The summed E-state index contributed by atoms with van der Waals surface area (Å²) in [6.07, 6.45) is 1.84. The van der Waals surface area contributed by atoms with Gasteiger partial charge in [0.2, 0.25) is 5.91 Å². The standard InChI is InChI=1S/C11H14N2O3/c1-16-10-4-2-9(3-5-10)8-12-7-6-11(14)13-15/h2-5,8,15H,6-7H2,1H3,(H,13,14). The van der Waals surface area contributed by atoms with Gasteiger partial charge in [0.05, 0.1) is 7.11 Å². The number of carbonyl (C=O) groups is 1. The summed E-state index contributed by atoms with van der Waals surface area (Å²) in [7, 11) is 1.61. The van der Waals surface area contributed by atoms with Gasteiger partial charge in [-0.1, -0.05) is 0 Å². The van der Waals surface area contributed by atoms with Gasteiger partial charge in [0.1, 0.15) is 5.75 Å². The third-order valence-corrected chi connectivity index (χ3v) is 1.95. The molecule has 0 saturated heterocycles. The van der Waals surface area contributed by atoms with Crippen LogP contribution in [0.5, 0.6) is 5.75 Å². The maximum absolute atomic E-state index is 10.7. The van der Waals surface area contributed by atoms with Crippen molar-refractivity contribution in [3.05, 3.63) is 29.8 Å². The number of hydrogen-bond acceptors (Lipinski definition) is 4. The monoisotopic (exact) mass is 222 g/mol. The summed E-state index contributed by atoms with van der Waals surface area (Å²) < 4.78 is 5.02. The Morgan fingerprint density at radius 3 is 2.75 bits per heavy atom. The first-order valence-corrected chi connectivity index (χ1v) is 4.83. The molecule has 1 rings (SSSR count). The Morgan fingerprint density at radius 1 is 1.50 bits per heavy atom. The Morgan fingerprint density at radius 2 is 2.19 bits per heavy atom. The van der Waals surface area contributed by atoms with Gasteiger partial charge in [-0.3, -0.25) is 15.0 Å². The maximum atomic E-state index is 10.7. The molecule has 2 N–H and O–H groups in total. The summed E-state index contributed by atoms with van der Waals surface area (Å²) in [6.45, 7) is 0.346. The Hall–Kier alpha value is -1.88. The third-order valence-electron chi connectivity index (χ3n) is 1.95. The van der Waals surface area contributed by atoms with Crippen molar-refractivity contribution in [3.63, 3.8) is 0 Å². The second-order valence-corrected chi connectivity index (χ2v) is 3.09. The van der Waals surface area contributed by atoms with E-state index in [1.54, 1.807) is 18.8 Å². The molecule has 0 aliphatic carbocycles. The van der Waals surface area contributed by atoms with E-state index in [4.69, 9.17) is 9.94 Å². The Kier molecular flexibility index (Phi) is 5.01. The molecule has 5 nitrogen and oxygen atoms in total. The lowest BCUT2D eigenvalue weighted by atomic mass is 10.2. The fourth-order valence-electron chi connectivity index (χ4n) is 1.08. The highest BCUT2D eigenvalue weighted by atomic mass is 16.5. The van der Waals surface area contributed by atoms with Gasteiger partial charge in [0.25, 0.3) is 0 Å². The number of carbonyl (C=O) groups excluding carboxylic acids is 1. The van der Waals surface area contributed by atoms with Crippen LogP contribution in [0, 0.1) is 0 Å². The van der Waals surface area contributed by atoms with Crippen LogP contribution in [-0.4, -0.2) is 31.0 Å². The van der Waals surface area contributed by atoms with E-state index < -0.39 is 5.91 Å². The van der Waals surface area contributed by atoms with Gasteiger partial charge in [-0.25, -0.2) is 5.48 Å². The van der Waals surface area contributed by atoms with Crippen molar-refractivity contribution in [2.24, 2.45) is 4.99 Å². The van der Waals surface area contributed by atoms with Crippen molar-refractivity contribution in [1.29, 1.82) is 0 Å². The molecule has 16 heavy (non-hydrogen) atoms. The first-order valence-electron chi connectivity index (χ1n) is 4.83. The highest BCUT2D eigenvalue weighted by Crippen LogP contribution is 2.09. The second kappa shape index (κ2) is 6.58. The van der Waals surface area contributed by atoms with Crippen LogP contribution in [0.1, 0.15) is 12.0 Å². The first kappa shape index (κ1) is 12.2. The van der Waals surface area contributed by atoms with E-state index in [-0.39, 0.29) is 6.42 Å². The molecule has 0 spiro atoms. The molecule has 0 aromatic heterocycles. The maximum Gasteiger partial charge on any atom is 0.245 e. The zero-order valence-corrected chi connectivity index (χ0v) is 9.01. The molecule has 0 radical (unpaired) electrons. The molecule has 1 aromatic rings. The number of aliphatic imine (C=N–C) groups is 1. The smallest absolute Gasteiger partial charge is 0.245 e. The van der Waals surface area contributed by atoms with Crippen LogP contribution >= 0.6 is 0 Å². The topological polar surface area (TPSA) is 70.9 Å². The predicted octanol–water partition coefficient (Wildman–Crippen LogP) is 1.01. The van der Waals surface area contributed by atoms with Crippen LogP contribution < -0.4 is 10.2 Å². The van der Waals surface area contributed by atoms with E-state index in [9.17, 15) is 4.79 Å². The minimum atomic E-state index is -0.438. The van der Waals surface area contributed by atoms with Crippen molar-refractivity contribution < 1.29 is 14.7 Å². The van der Waals surface area contributed by atoms with Crippen LogP contribution in [-0.2, 0) is 4.79 Å². The van der Waals surface area contributed by atoms with Crippen LogP contribution in [0.3, 0.4) is 0 Å². The Bertz CT molecular complexity index is 360. The van der Waals surface area contributed by atoms with E-state index in [1.807, 2.05) is 24.3 Å². The summed E-state index contributed by atoms with van der Waals surface area (Å²) in [5.74, 6) is 0.351. The number of rotatable bonds is 5. The lowest BCUT2D eigenvalue weighted by molar-refractivity contribution is -0.128. The highest BCUT2D eigenvalue weighted by Gasteiger charge is 1.95. The highest BCUT2D eigenvalue weighted by molar-refractivity contribution is 5.80. The summed E-state index contributed by atoms with van der Waals surface area (Å²) in [5, 5.41) is 8.24. The van der Waals surface area contributed by atoms with Gasteiger partial charge in [0, 0.05) is 19.2 Å². The SMILES string of the molecule is COc1ccc(C=NCCC(=O)NO)cc1. The van der Waals surface area contributed by atoms with E-state index >= 15 is 0 Å². The number of amides is 1. The molecular formula is C11H14N2O3. The summed E-state index contributed by atoms with van der Waals surface area (Å²) >= 11 is 0. The fourth-order valence-corrected chi connectivity index (χ4v) is 1.08. The van der Waals surface area contributed by atoms with E-state index in [2.05, 4.69) is 4.99 Å². The molecular weight excluding hydrogens is 208 g/mol. The number of nitrogens with zero attached hydrogens (tertiary/aromatic N) is 1. The van der Waals surface area contributed by atoms with Crippen molar-refractivity contribution in [2.45, 2.75) is 6.42 Å². The fraction of sp³-hybridized carbons (Fsp3) is 0.273. The number of ether oxygens (including phenoxy) is 1. The number of hydrogen-bond donors (Lipinski definition) is 2. The van der Waals surface area contributed by atoms with E-state index in [0.717, 1.165) is 11.3 Å². The number of methoxy groups -OCH3 is 1. The molecule has 0 aliphatic rings. The van der Waals surface area contributed by atoms with Crippen molar-refractivity contribution >= 4 is 12.1 Å². The summed E-state index contributed by atoms with van der Waals surface area (Å²) in [6, 6.07) is 7.41. The average Bonchev–Trinajstić information content (AvgIpc) is 2.35. The predicted molar refractivity (Wildman–Crippen MR) is 60.0 cm³/mol. The van der Waals surface area contributed by atoms with Crippen molar-refractivity contribution in [2.75, 3.05) is 13.7 Å². The van der Waals surface area contributed by atoms with Crippen LogP contribution in [0.25, 0.3) is 0 Å². The van der Waals surface area contributed by atoms with E-state index in [0.29, 0.717) is 6.54 Å². The van der Waals surface area contributed by atoms with Gasteiger partial charge in [0.15, 0.2) is 0 Å². The molecule has 0 fully saturated rings. The summed E-state index contributed by atoms with van der Waals surface area (Å²) in [5.41, 5.74) is 2.48. The lowest BCUT2D eigenvalue weighted by Crippen LogP contribution is -2.18. The molecule has 0 heterocycles. The third kappa shape index (κ3) is 4.10. The molecule has 0 unspecified atom stereocenters. The second-order valence-electron chi connectivity index (χ2n) is 3.09. The van der Waals surface area contributed by atoms with Crippen LogP contribution in [0.4, 0.5) is 0 Å². The van der Waals surface area contributed by atoms with Crippen LogP contribution in [0.15, 0.2) is 29.3 Å². The number of hydroxylamine groups is 1. The molecule has 0 atom stereocenters. The Balaban J connectivity index is 2.40. The number of nitrogens with one attached hydrogen (secondary N) is 1. The van der Waals surface area contributed by atoms with Gasteiger partial charge >= 0.3 is 0 Å². The summed E-state index contributed by atoms with van der Waals surface area (Å²) in [4.78, 5) is 14.7. The lowest BCUT2D eigenvalue weighted by Gasteiger charge is -1.98. The Labute approximate surface area is 93.7 Å². The minimum Gasteiger partial charge on any atom is -0.497 e. The molecule has 0 aliphatic heterocycles. The molecule has 0 saturated carbocycles. The largest absolute Gasteiger partial charge is 0.497 e. The first-order chi connectivity index (χ1) is 7.76. The average molecular weight is 222 g/mol. The minimum absolute atomic E-state index is 0.170. The molecule has 1 aromatic carbocycles. The van der Waals surface area contributed by atoms with Crippen LogP contribution in [0.2, 0.25) is 0 Å². The molecule has 5 heteroatoms. The zero-order valence-electron chi connectivity index (χ0n) is 9.01. The van der Waals surface area contributed by atoms with E-state index in [1.165, 1.54) is 0 Å². The van der Waals surface area contributed by atoms with Gasteiger partial charge in [-0.15, -0.1) is 0 Å².